The zero-order valence-electron chi connectivity index (χ0n) is 19.3. The molecule has 2 bridgehead atoms. The molecule has 178 valence electrons. The molecular weight excluding hydrogens is 432 g/mol. The summed E-state index contributed by atoms with van der Waals surface area (Å²) in [5.41, 5.74) is 1.29. The highest BCUT2D eigenvalue weighted by atomic mass is 16.5. The Hall–Kier alpha value is -3.03. The zero-order valence-corrected chi connectivity index (χ0v) is 19.3. The number of rotatable bonds is 5. The van der Waals surface area contributed by atoms with Crippen molar-refractivity contribution in [3.8, 4) is 11.5 Å². The maximum Gasteiger partial charge on any atom is 0.246 e. The first-order valence-corrected chi connectivity index (χ1v) is 12.0. The molecule has 2 aliphatic carbocycles. The van der Waals surface area contributed by atoms with E-state index in [-0.39, 0.29) is 29.8 Å². The van der Waals surface area contributed by atoms with Crippen molar-refractivity contribution in [2.45, 2.75) is 54.9 Å². The summed E-state index contributed by atoms with van der Waals surface area (Å²) in [5, 5.41) is 23.2. The second-order valence-electron chi connectivity index (χ2n) is 10.1. The number of piperidine rings is 1. The summed E-state index contributed by atoms with van der Waals surface area (Å²) >= 11 is 0. The van der Waals surface area contributed by atoms with Crippen molar-refractivity contribution in [2.75, 3.05) is 20.1 Å². The van der Waals surface area contributed by atoms with Gasteiger partial charge >= 0.3 is 0 Å². The van der Waals surface area contributed by atoms with Crippen molar-refractivity contribution < 1.29 is 24.2 Å². The van der Waals surface area contributed by atoms with Crippen LogP contribution < -0.4 is 4.74 Å². The maximum absolute atomic E-state index is 13.0. The van der Waals surface area contributed by atoms with E-state index in [9.17, 15) is 15.0 Å². The summed E-state index contributed by atoms with van der Waals surface area (Å²) in [6.07, 6.45) is 10.5. The van der Waals surface area contributed by atoms with E-state index in [0.717, 1.165) is 29.7 Å². The molecule has 4 aliphatic rings. The number of likely N-dealkylation sites (N-methyl/N-ethyl adjacent to an activating group) is 1. The summed E-state index contributed by atoms with van der Waals surface area (Å²) in [6, 6.07) is 5.17. The standard InChI is InChI=1S/C27H30N2O5/c1-3-10-29-11-9-26-22-14-19(28(2)23(31)7-4-17-8-12-33-16-17)15-27(26,32)21(29)13-18-5-6-20(30)25(34-22)24(18)26/h3-8,12,16,19,21-22,30,32H,1,9-11,13-15H2,2H3/b7-4+/t19?,21-,22?,26-,27-/m1/s1. The molecule has 2 aromatic rings. The van der Waals surface area contributed by atoms with Crippen LogP contribution in [0.5, 0.6) is 11.5 Å². The monoisotopic (exact) mass is 462 g/mol. The average Bonchev–Trinajstić information content (AvgIpc) is 3.45. The van der Waals surface area contributed by atoms with Crippen molar-refractivity contribution in [1.29, 1.82) is 0 Å². The van der Waals surface area contributed by atoms with Crippen molar-refractivity contribution in [1.82, 2.24) is 9.80 Å². The molecule has 1 saturated carbocycles. The van der Waals surface area contributed by atoms with Crippen LogP contribution in [-0.2, 0) is 16.6 Å². The highest BCUT2D eigenvalue weighted by Crippen LogP contribution is 2.65. The molecule has 1 aromatic carbocycles. The van der Waals surface area contributed by atoms with Crippen molar-refractivity contribution in [3.05, 3.63) is 66.1 Å². The van der Waals surface area contributed by atoms with Crippen molar-refractivity contribution in [2.24, 2.45) is 0 Å². The molecule has 5 atom stereocenters. The van der Waals surface area contributed by atoms with Gasteiger partial charge in [0, 0.05) is 49.3 Å². The molecule has 2 N–H and O–H groups in total. The van der Waals surface area contributed by atoms with Crippen LogP contribution in [0, 0.1) is 0 Å². The minimum atomic E-state index is -1.09. The number of amides is 1. The third kappa shape index (κ3) is 2.74. The Morgan fingerprint density at radius 1 is 1.38 bits per heavy atom. The minimum Gasteiger partial charge on any atom is -0.504 e. The van der Waals surface area contributed by atoms with Gasteiger partial charge in [0.1, 0.15) is 6.10 Å². The molecule has 7 nitrogen and oxygen atoms in total. The fourth-order valence-electron chi connectivity index (χ4n) is 7.15. The number of carbonyl (C=O) groups excluding carboxylic acids is 1. The molecule has 1 saturated heterocycles. The van der Waals surface area contributed by atoms with Gasteiger partial charge in [-0.25, -0.2) is 0 Å². The summed E-state index contributed by atoms with van der Waals surface area (Å²) in [4.78, 5) is 17.1. The highest BCUT2D eigenvalue weighted by molar-refractivity contribution is 5.91. The fourth-order valence-corrected chi connectivity index (χ4v) is 7.15. The molecule has 3 heterocycles. The van der Waals surface area contributed by atoms with E-state index in [0.29, 0.717) is 31.6 Å². The Morgan fingerprint density at radius 2 is 2.24 bits per heavy atom. The number of hydrogen-bond acceptors (Lipinski definition) is 6. The normalized spacial score (nSPS) is 33.4. The third-order valence-electron chi connectivity index (χ3n) is 8.70. The van der Waals surface area contributed by atoms with Gasteiger partial charge in [0.25, 0.3) is 0 Å². The molecule has 0 radical (unpaired) electrons. The lowest BCUT2D eigenvalue weighted by molar-refractivity contribution is -0.196. The van der Waals surface area contributed by atoms with E-state index in [1.807, 2.05) is 12.1 Å². The smallest absolute Gasteiger partial charge is 0.246 e. The third-order valence-corrected chi connectivity index (χ3v) is 8.70. The number of likely N-dealkylation sites (tertiary alicyclic amines) is 1. The van der Waals surface area contributed by atoms with E-state index >= 15 is 0 Å². The van der Waals surface area contributed by atoms with E-state index in [4.69, 9.17) is 9.15 Å². The Morgan fingerprint density at radius 3 is 3.00 bits per heavy atom. The van der Waals surface area contributed by atoms with Crippen LogP contribution in [0.3, 0.4) is 0 Å². The van der Waals surface area contributed by atoms with Gasteiger partial charge in [-0.15, -0.1) is 6.58 Å². The number of furan rings is 1. The van der Waals surface area contributed by atoms with Crippen LogP contribution in [0.25, 0.3) is 6.08 Å². The zero-order chi connectivity index (χ0) is 23.7. The number of nitrogens with zero attached hydrogens (tertiary/aromatic N) is 2. The second kappa shape index (κ2) is 7.48. The van der Waals surface area contributed by atoms with Crippen LogP contribution in [0.4, 0.5) is 0 Å². The van der Waals surface area contributed by atoms with E-state index in [1.165, 1.54) is 0 Å². The first kappa shape index (κ1) is 21.5. The Bertz CT molecular complexity index is 1170. The van der Waals surface area contributed by atoms with Crippen LogP contribution >= 0.6 is 0 Å². The lowest BCUT2D eigenvalue weighted by Gasteiger charge is -2.64. The summed E-state index contributed by atoms with van der Waals surface area (Å²) < 4.78 is 11.5. The van der Waals surface area contributed by atoms with Gasteiger partial charge in [-0.05, 0) is 49.6 Å². The molecule has 2 unspecified atom stereocenters. The molecule has 34 heavy (non-hydrogen) atoms. The predicted octanol–water partition coefficient (Wildman–Crippen LogP) is 2.87. The topological polar surface area (TPSA) is 86.4 Å². The van der Waals surface area contributed by atoms with Crippen molar-refractivity contribution >= 4 is 12.0 Å². The van der Waals surface area contributed by atoms with Gasteiger partial charge in [0.15, 0.2) is 11.5 Å². The number of aliphatic hydroxyl groups is 1. The number of benzene rings is 1. The number of phenols is 1. The first-order chi connectivity index (χ1) is 16.4. The molecule has 1 amide bonds. The van der Waals surface area contributed by atoms with Gasteiger partial charge in [0.2, 0.25) is 5.91 Å². The summed E-state index contributed by atoms with van der Waals surface area (Å²) in [7, 11) is 1.79. The summed E-state index contributed by atoms with van der Waals surface area (Å²) in [6.45, 7) is 5.46. The van der Waals surface area contributed by atoms with E-state index in [1.54, 1.807) is 48.8 Å². The Balaban J connectivity index is 1.39. The number of aromatic hydroxyl groups is 1. The SMILES string of the molecule is C=CCN1CC[C@]23c4c5ccc(O)c4OC2CC(N(C)C(=O)/C=C/c2ccoc2)C[C@@]3(O)[C@H]1C5. The molecule has 2 aliphatic heterocycles. The van der Waals surface area contributed by atoms with E-state index in [2.05, 4.69) is 11.5 Å². The predicted molar refractivity (Wildman–Crippen MR) is 127 cm³/mol. The largest absolute Gasteiger partial charge is 0.504 e. The molecule has 6 rings (SSSR count). The number of carbonyl (C=O) groups is 1. The fraction of sp³-hybridized carbons (Fsp3) is 0.444. The van der Waals surface area contributed by atoms with Gasteiger partial charge in [-0.2, -0.15) is 0 Å². The molecule has 2 fully saturated rings. The highest BCUT2D eigenvalue weighted by Gasteiger charge is 2.72. The molecule has 1 aromatic heterocycles. The van der Waals surface area contributed by atoms with Gasteiger partial charge in [-0.3, -0.25) is 9.69 Å². The first-order valence-electron chi connectivity index (χ1n) is 12.0. The van der Waals surface area contributed by atoms with Crippen molar-refractivity contribution in [3.63, 3.8) is 0 Å². The van der Waals surface area contributed by atoms with Gasteiger partial charge in [-0.1, -0.05) is 12.1 Å². The Labute approximate surface area is 198 Å². The molecular formula is C27H30N2O5. The maximum atomic E-state index is 13.0. The molecule has 7 heteroatoms. The lowest BCUT2D eigenvalue weighted by Crippen LogP contribution is -2.77. The van der Waals surface area contributed by atoms with Crippen LogP contribution in [-0.4, -0.2) is 69.8 Å². The number of phenolic OH excluding ortho intramolecular Hbond substituents is 1. The van der Waals surface area contributed by atoms with Crippen LogP contribution in [0.15, 0.2) is 53.9 Å². The van der Waals surface area contributed by atoms with E-state index < -0.39 is 11.0 Å². The number of ether oxygens (including phenoxy) is 1. The minimum absolute atomic E-state index is 0.110. The van der Waals surface area contributed by atoms with Crippen LogP contribution in [0.2, 0.25) is 0 Å². The summed E-state index contributed by atoms with van der Waals surface area (Å²) in [5.74, 6) is 0.514. The second-order valence-corrected chi connectivity index (χ2v) is 10.1. The quantitative estimate of drug-likeness (QED) is 0.525. The number of hydrogen-bond donors (Lipinski definition) is 2. The molecule has 1 spiro atoms. The average molecular weight is 463 g/mol. The van der Waals surface area contributed by atoms with Gasteiger partial charge < -0.3 is 24.3 Å². The van der Waals surface area contributed by atoms with Crippen LogP contribution in [0.1, 0.15) is 36.0 Å². The Kier molecular flexibility index (Phi) is 4.73. The lowest BCUT2D eigenvalue weighted by atomic mass is 9.48. The van der Waals surface area contributed by atoms with Gasteiger partial charge in [0.05, 0.1) is 23.5 Å².